The first kappa shape index (κ1) is 19.7. The molecule has 0 aromatic heterocycles. The number of aryl methyl sites for hydroxylation is 1. The summed E-state index contributed by atoms with van der Waals surface area (Å²) < 4.78 is 1.14. The number of rotatable bonds is 8. The van der Waals surface area contributed by atoms with Crippen molar-refractivity contribution in [3.63, 3.8) is 0 Å². The molecule has 1 rings (SSSR count). The molecule has 0 spiro atoms. The molecule has 3 atom stereocenters. The van der Waals surface area contributed by atoms with E-state index in [4.69, 9.17) is 0 Å². The van der Waals surface area contributed by atoms with Gasteiger partial charge in [0.1, 0.15) is 0 Å². The van der Waals surface area contributed by atoms with E-state index in [0.29, 0.717) is 6.42 Å². The van der Waals surface area contributed by atoms with E-state index in [1.807, 2.05) is 32.0 Å². The van der Waals surface area contributed by atoms with Gasteiger partial charge in [0.05, 0.1) is 0 Å². The van der Waals surface area contributed by atoms with Gasteiger partial charge in [-0.2, -0.15) is 0 Å². The van der Waals surface area contributed by atoms with E-state index >= 15 is 0 Å². The molecule has 0 aliphatic heterocycles. The Kier molecular flexibility index (Phi) is 7.63. The van der Waals surface area contributed by atoms with Crippen LogP contribution in [0, 0.1) is 11.8 Å². The molecule has 1 aromatic rings. The van der Waals surface area contributed by atoms with Crippen molar-refractivity contribution in [1.82, 2.24) is 0 Å². The van der Waals surface area contributed by atoms with Gasteiger partial charge >= 0.3 is 140 Å². The van der Waals surface area contributed by atoms with Crippen LogP contribution in [-0.2, 0) is 6.42 Å². The maximum atomic E-state index is 10.7. The van der Waals surface area contributed by atoms with Crippen LogP contribution in [0.4, 0.5) is 0 Å². The summed E-state index contributed by atoms with van der Waals surface area (Å²) in [6.07, 6.45) is 0.450. The second-order valence-electron chi connectivity index (χ2n) is 7.63. The predicted molar refractivity (Wildman–Crippen MR) is 97.6 cm³/mol. The van der Waals surface area contributed by atoms with Crippen LogP contribution in [0.1, 0.15) is 25.8 Å². The molecule has 22 heavy (non-hydrogen) atoms. The Balaban J connectivity index is 2.84. The summed E-state index contributed by atoms with van der Waals surface area (Å²) in [6, 6.07) is 10.2. The van der Waals surface area contributed by atoms with Crippen LogP contribution < -0.4 is 0 Å². The second kappa shape index (κ2) is 8.51. The molecule has 1 aromatic carbocycles. The van der Waals surface area contributed by atoms with Crippen LogP contribution in [0.15, 0.2) is 40.5 Å². The Morgan fingerprint density at radius 3 is 2.09 bits per heavy atom. The summed E-state index contributed by atoms with van der Waals surface area (Å²) in [5.74, 6) is -0.0683. The third-order valence-electron chi connectivity index (χ3n) is 4.40. The molecule has 2 N–H and O–H groups in total. The first-order chi connectivity index (χ1) is 10.1. The summed E-state index contributed by atoms with van der Waals surface area (Å²) in [4.78, 5) is 6.88. The molecule has 0 radical (unpaired) electrons. The van der Waals surface area contributed by atoms with Crippen molar-refractivity contribution < 1.29 is 10.2 Å². The number of aliphatic hydroxyl groups excluding tert-OH is 2. The zero-order valence-electron chi connectivity index (χ0n) is 14.7. The molecule has 124 valence electrons. The maximum absolute atomic E-state index is 10.7. The summed E-state index contributed by atoms with van der Waals surface area (Å²) in [5, 5.41) is 21.3. The molecule has 3 heteroatoms. The molecule has 0 unspecified atom stereocenters. The van der Waals surface area contributed by atoms with Gasteiger partial charge in [-0.15, -0.1) is 0 Å². The Labute approximate surface area is 140 Å². The molecule has 0 amide bonds. The number of benzene rings is 1. The fourth-order valence-corrected chi connectivity index (χ4v) is 6.61. The van der Waals surface area contributed by atoms with Gasteiger partial charge in [-0.05, 0) is 0 Å². The van der Waals surface area contributed by atoms with Gasteiger partial charge < -0.3 is 0 Å². The molecule has 0 bridgehead atoms. The third kappa shape index (κ3) is 5.71. The first-order valence-electron chi connectivity index (χ1n) is 8.24. The SMILES string of the molecule is C=[C]([C@@H]([C@@H](O)CCc1ccccc1)[C@@H](O)C(C)C)[Sn]([CH3])([CH3])[CH3]. The van der Waals surface area contributed by atoms with Crippen molar-refractivity contribution in [3.8, 4) is 0 Å². The minimum atomic E-state index is -2.38. The molecule has 0 heterocycles. The Bertz CT molecular complexity index is 462. The van der Waals surface area contributed by atoms with Crippen LogP contribution in [0.2, 0.25) is 14.8 Å². The molecular weight excluding hydrogens is 379 g/mol. The van der Waals surface area contributed by atoms with Crippen LogP contribution in [-0.4, -0.2) is 40.8 Å². The average Bonchev–Trinajstić information content (AvgIpc) is 2.45. The van der Waals surface area contributed by atoms with Gasteiger partial charge in [0.2, 0.25) is 0 Å². The predicted octanol–water partition coefficient (Wildman–Crippen LogP) is 4.05. The van der Waals surface area contributed by atoms with Crippen molar-refractivity contribution in [1.29, 1.82) is 0 Å². The van der Waals surface area contributed by atoms with Crippen molar-refractivity contribution >= 4 is 18.4 Å². The minimum absolute atomic E-state index is 0.127. The van der Waals surface area contributed by atoms with Crippen molar-refractivity contribution in [2.75, 3.05) is 0 Å². The molecule has 0 saturated carbocycles. The van der Waals surface area contributed by atoms with Gasteiger partial charge in [0.25, 0.3) is 0 Å². The molecule has 0 saturated heterocycles. The van der Waals surface area contributed by atoms with E-state index in [2.05, 4.69) is 33.5 Å². The van der Waals surface area contributed by atoms with E-state index in [1.54, 1.807) is 0 Å². The molecule has 0 fully saturated rings. The Hall–Kier alpha value is -0.321. The van der Waals surface area contributed by atoms with Crippen molar-refractivity contribution in [2.24, 2.45) is 11.8 Å². The van der Waals surface area contributed by atoms with Crippen molar-refractivity contribution in [3.05, 3.63) is 46.1 Å². The number of aliphatic hydroxyl groups is 2. The normalized spacial score (nSPS) is 16.4. The summed E-state index contributed by atoms with van der Waals surface area (Å²) in [5.41, 5.74) is 1.23. The monoisotopic (exact) mass is 412 g/mol. The topological polar surface area (TPSA) is 40.5 Å². The van der Waals surface area contributed by atoms with E-state index in [-0.39, 0.29) is 11.8 Å². The zero-order chi connectivity index (χ0) is 16.9. The zero-order valence-corrected chi connectivity index (χ0v) is 17.6. The summed E-state index contributed by atoms with van der Waals surface area (Å²) >= 11 is -2.38. The van der Waals surface area contributed by atoms with Crippen LogP contribution >= 0.6 is 0 Å². The summed E-state index contributed by atoms with van der Waals surface area (Å²) in [6.45, 7) is 8.29. The number of hydrogen-bond acceptors (Lipinski definition) is 2. The first-order valence-corrected chi connectivity index (χ1v) is 18.2. The Morgan fingerprint density at radius 1 is 1.09 bits per heavy atom. The standard InChI is InChI=1S/C16H23O2.3CH3.Sn/c1-4-14(16(18)12(2)3)15(17)11-10-13-8-6-5-7-9-13;;;;/h5-9,12,14-18H,1,10-11H2,2-3H3;3*1H3;/t14-,15-,16-;;;;/m0..../s1. The summed E-state index contributed by atoms with van der Waals surface area (Å²) in [7, 11) is 0. The van der Waals surface area contributed by atoms with E-state index in [9.17, 15) is 10.2 Å². The fourth-order valence-electron chi connectivity index (χ4n) is 2.72. The second-order valence-corrected chi connectivity index (χ2v) is 22.3. The van der Waals surface area contributed by atoms with Crippen LogP contribution in [0.25, 0.3) is 0 Å². The van der Waals surface area contributed by atoms with Crippen LogP contribution in [0.3, 0.4) is 0 Å². The molecule has 0 aliphatic carbocycles. The Morgan fingerprint density at radius 2 is 1.64 bits per heavy atom. The van der Waals surface area contributed by atoms with Gasteiger partial charge in [-0.25, -0.2) is 0 Å². The average molecular weight is 411 g/mol. The molecule has 2 nitrogen and oxygen atoms in total. The van der Waals surface area contributed by atoms with Gasteiger partial charge in [-0.1, -0.05) is 0 Å². The molecular formula is C19H32O2Sn. The quantitative estimate of drug-likeness (QED) is 0.634. The molecule has 0 aliphatic rings. The van der Waals surface area contributed by atoms with Gasteiger partial charge in [0.15, 0.2) is 0 Å². The van der Waals surface area contributed by atoms with Gasteiger partial charge in [-0.3, -0.25) is 0 Å². The van der Waals surface area contributed by atoms with E-state index in [1.165, 1.54) is 5.56 Å². The van der Waals surface area contributed by atoms with E-state index in [0.717, 1.165) is 10.0 Å². The third-order valence-corrected chi connectivity index (χ3v) is 10.9. The van der Waals surface area contributed by atoms with Crippen LogP contribution in [0.5, 0.6) is 0 Å². The van der Waals surface area contributed by atoms with E-state index < -0.39 is 30.6 Å². The van der Waals surface area contributed by atoms with Crippen molar-refractivity contribution in [2.45, 2.75) is 53.7 Å². The van der Waals surface area contributed by atoms with Gasteiger partial charge in [0, 0.05) is 0 Å². The number of hydrogen-bond donors (Lipinski definition) is 2. The fraction of sp³-hybridized carbons (Fsp3) is 0.579.